The summed E-state index contributed by atoms with van der Waals surface area (Å²) in [4.78, 5) is 8.19. The molecule has 0 amide bonds. The van der Waals surface area contributed by atoms with Crippen molar-refractivity contribution in [2.24, 2.45) is 0 Å². The van der Waals surface area contributed by atoms with E-state index in [2.05, 4.69) is 57.7 Å². The van der Waals surface area contributed by atoms with Crippen LogP contribution in [0.5, 0.6) is 5.75 Å². The van der Waals surface area contributed by atoms with E-state index >= 15 is 0 Å². The van der Waals surface area contributed by atoms with Gasteiger partial charge in [0, 0.05) is 29.1 Å². The summed E-state index contributed by atoms with van der Waals surface area (Å²) < 4.78 is 11.1. The van der Waals surface area contributed by atoms with E-state index in [0.717, 1.165) is 30.0 Å². The lowest BCUT2D eigenvalue weighted by Crippen LogP contribution is -2.22. The second-order valence-electron chi connectivity index (χ2n) is 6.91. The second-order valence-corrected chi connectivity index (χ2v) is 7.95. The van der Waals surface area contributed by atoms with Gasteiger partial charge in [0.05, 0.1) is 13.7 Å². The highest BCUT2D eigenvalue weighted by molar-refractivity contribution is 7.09. The van der Waals surface area contributed by atoms with Crippen LogP contribution in [0.1, 0.15) is 21.9 Å². The molecule has 2 aromatic heterocycles. The molecule has 0 aliphatic carbocycles. The molecule has 0 unspecified atom stereocenters. The normalized spacial score (nSPS) is 11.1. The predicted octanol–water partition coefficient (Wildman–Crippen LogP) is 5.32. The van der Waals surface area contributed by atoms with E-state index in [1.165, 1.54) is 10.4 Å². The summed E-state index contributed by atoms with van der Waals surface area (Å²) in [5.74, 6) is 2.11. The zero-order valence-corrected chi connectivity index (χ0v) is 17.4. The maximum Gasteiger partial charge on any atom is 0.241 e. The molecule has 4 rings (SSSR count). The third-order valence-corrected chi connectivity index (χ3v) is 5.54. The van der Waals surface area contributed by atoms with Crippen molar-refractivity contribution in [2.75, 3.05) is 7.11 Å². The minimum atomic E-state index is 0.564. The molecule has 0 spiro atoms. The van der Waals surface area contributed by atoms with E-state index in [9.17, 15) is 0 Å². The van der Waals surface area contributed by atoms with E-state index in [-0.39, 0.29) is 0 Å². The fourth-order valence-electron chi connectivity index (χ4n) is 3.20. The smallest absolute Gasteiger partial charge is 0.241 e. The first-order valence-electron chi connectivity index (χ1n) is 9.47. The Labute approximate surface area is 174 Å². The molecule has 0 fully saturated rings. The van der Waals surface area contributed by atoms with Crippen LogP contribution in [0, 0.1) is 6.92 Å². The molecule has 0 saturated carbocycles. The number of hydrogen-bond acceptors (Lipinski definition) is 6. The zero-order valence-electron chi connectivity index (χ0n) is 16.5. The maximum absolute atomic E-state index is 5.56. The van der Waals surface area contributed by atoms with Crippen LogP contribution < -0.4 is 4.74 Å². The number of para-hydroxylation sites is 1. The largest absolute Gasteiger partial charge is 0.496 e. The van der Waals surface area contributed by atoms with Crippen LogP contribution in [0.25, 0.3) is 11.4 Å². The predicted molar refractivity (Wildman–Crippen MR) is 115 cm³/mol. The van der Waals surface area contributed by atoms with Crippen molar-refractivity contribution in [3.8, 4) is 17.1 Å². The fourth-order valence-corrected chi connectivity index (χ4v) is 3.94. The number of ether oxygens (including phenoxy) is 1. The van der Waals surface area contributed by atoms with Crippen LogP contribution >= 0.6 is 11.3 Å². The highest BCUT2D eigenvalue weighted by Gasteiger charge is 2.16. The molecule has 0 saturated heterocycles. The average molecular weight is 406 g/mol. The van der Waals surface area contributed by atoms with Gasteiger partial charge in [-0.05, 0) is 24.4 Å². The van der Waals surface area contributed by atoms with Gasteiger partial charge in [0.25, 0.3) is 0 Å². The highest BCUT2D eigenvalue weighted by Crippen LogP contribution is 2.23. The van der Waals surface area contributed by atoms with Crippen LogP contribution in [0.3, 0.4) is 0 Å². The zero-order chi connectivity index (χ0) is 20.1. The Balaban J connectivity index is 1.54. The lowest BCUT2D eigenvalue weighted by Gasteiger charge is -2.21. The van der Waals surface area contributed by atoms with Crippen molar-refractivity contribution in [1.82, 2.24) is 15.0 Å². The minimum absolute atomic E-state index is 0.564. The van der Waals surface area contributed by atoms with Gasteiger partial charge in [-0.3, -0.25) is 4.90 Å². The van der Waals surface area contributed by atoms with Gasteiger partial charge in [0.1, 0.15) is 5.75 Å². The van der Waals surface area contributed by atoms with Gasteiger partial charge in [0.15, 0.2) is 0 Å². The Bertz CT molecular complexity index is 1040. The number of hydrogen-bond donors (Lipinski definition) is 0. The molecular formula is C23H23N3O2S. The Morgan fingerprint density at radius 3 is 2.55 bits per heavy atom. The molecular weight excluding hydrogens is 382 g/mol. The average Bonchev–Trinajstić information content (AvgIpc) is 3.41. The van der Waals surface area contributed by atoms with Gasteiger partial charge >= 0.3 is 0 Å². The first-order chi connectivity index (χ1) is 14.2. The quantitative estimate of drug-likeness (QED) is 0.397. The first-order valence-corrected chi connectivity index (χ1v) is 10.4. The number of aromatic nitrogens is 2. The number of benzene rings is 2. The van der Waals surface area contributed by atoms with Crippen LogP contribution in [0.4, 0.5) is 0 Å². The molecule has 0 aliphatic rings. The van der Waals surface area contributed by atoms with Crippen LogP contribution in [0.2, 0.25) is 0 Å². The molecule has 2 aromatic carbocycles. The van der Waals surface area contributed by atoms with Gasteiger partial charge in [-0.1, -0.05) is 59.3 Å². The molecule has 4 aromatic rings. The van der Waals surface area contributed by atoms with E-state index in [1.807, 2.05) is 30.3 Å². The molecule has 148 valence electrons. The lowest BCUT2D eigenvalue weighted by molar-refractivity contribution is 0.210. The van der Waals surface area contributed by atoms with E-state index < -0.39 is 0 Å². The van der Waals surface area contributed by atoms with Crippen LogP contribution in [-0.4, -0.2) is 22.2 Å². The first kappa shape index (κ1) is 19.4. The third-order valence-electron chi connectivity index (χ3n) is 4.68. The molecule has 2 heterocycles. The molecule has 0 atom stereocenters. The molecule has 0 N–H and O–H groups in total. The standard InChI is InChI=1S/C23H23N3O2S/c1-17-9-11-18(12-10-17)23-24-22(28-25-23)16-26(15-20-7-5-13-29-20)14-19-6-3-4-8-21(19)27-2/h3-13H,14-16H2,1-2H3. The highest BCUT2D eigenvalue weighted by atomic mass is 32.1. The summed E-state index contributed by atoms with van der Waals surface area (Å²) in [6.45, 7) is 4.16. The molecule has 29 heavy (non-hydrogen) atoms. The van der Waals surface area contributed by atoms with Crippen molar-refractivity contribution < 1.29 is 9.26 Å². The summed E-state index contributed by atoms with van der Waals surface area (Å²) >= 11 is 1.75. The second kappa shape index (κ2) is 9.03. The number of rotatable bonds is 8. The van der Waals surface area contributed by atoms with E-state index in [0.29, 0.717) is 18.3 Å². The van der Waals surface area contributed by atoms with Gasteiger partial charge in [-0.15, -0.1) is 11.3 Å². The van der Waals surface area contributed by atoms with Crippen molar-refractivity contribution in [2.45, 2.75) is 26.6 Å². The molecule has 6 heteroatoms. The van der Waals surface area contributed by atoms with Gasteiger partial charge < -0.3 is 9.26 Å². The minimum Gasteiger partial charge on any atom is -0.496 e. The van der Waals surface area contributed by atoms with Crippen LogP contribution in [0.15, 0.2) is 70.6 Å². The summed E-state index contributed by atoms with van der Waals surface area (Å²) in [6.07, 6.45) is 0. The topological polar surface area (TPSA) is 51.4 Å². The van der Waals surface area contributed by atoms with Crippen molar-refractivity contribution >= 4 is 11.3 Å². The molecule has 0 bridgehead atoms. The SMILES string of the molecule is COc1ccccc1CN(Cc1nc(-c2ccc(C)cc2)no1)Cc1cccs1. The lowest BCUT2D eigenvalue weighted by atomic mass is 10.1. The summed E-state index contributed by atoms with van der Waals surface area (Å²) in [5.41, 5.74) is 3.29. The summed E-state index contributed by atoms with van der Waals surface area (Å²) in [6, 6.07) is 20.4. The monoisotopic (exact) mass is 405 g/mol. The van der Waals surface area contributed by atoms with E-state index in [4.69, 9.17) is 9.26 Å². The Morgan fingerprint density at radius 2 is 1.79 bits per heavy atom. The van der Waals surface area contributed by atoms with Crippen molar-refractivity contribution in [3.63, 3.8) is 0 Å². The number of thiophene rings is 1. The van der Waals surface area contributed by atoms with Crippen molar-refractivity contribution in [3.05, 3.63) is 87.9 Å². The molecule has 0 radical (unpaired) electrons. The Hall–Kier alpha value is -2.96. The fraction of sp³-hybridized carbons (Fsp3) is 0.217. The van der Waals surface area contributed by atoms with Crippen molar-refractivity contribution in [1.29, 1.82) is 0 Å². The Kier molecular flexibility index (Phi) is 6.03. The Morgan fingerprint density at radius 1 is 0.966 bits per heavy atom. The number of methoxy groups -OCH3 is 1. The van der Waals surface area contributed by atoms with E-state index in [1.54, 1.807) is 18.4 Å². The van der Waals surface area contributed by atoms with Gasteiger partial charge in [0.2, 0.25) is 11.7 Å². The van der Waals surface area contributed by atoms with Gasteiger partial charge in [-0.25, -0.2) is 0 Å². The third kappa shape index (κ3) is 4.91. The maximum atomic E-state index is 5.56. The number of aryl methyl sites for hydroxylation is 1. The van der Waals surface area contributed by atoms with Crippen LogP contribution in [-0.2, 0) is 19.6 Å². The number of nitrogens with zero attached hydrogens (tertiary/aromatic N) is 3. The summed E-state index contributed by atoms with van der Waals surface area (Å²) in [7, 11) is 1.70. The molecule has 0 aliphatic heterocycles. The van der Waals surface area contributed by atoms with Gasteiger partial charge in [-0.2, -0.15) is 4.98 Å². The summed E-state index contributed by atoms with van der Waals surface area (Å²) in [5, 5.41) is 6.27. The molecule has 5 nitrogen and oxygen atoms in total.